The molecule has 0 aromatic rings. The fraction of sp³-hybridized carbons (Fsp3) is 1.00. The molecule has 5 aliphatic rings. The molecule has 1 saturated heterocycles. The van der Waals surface area contributed by atoms with E-state index < -0.39 is 0 Å². The van der Waals surface area contributed by atoms with Crippen LogP contribution in [0.15, 0.2) is 0 Å². The minimum atomic E-state index is 0.532. The second kappa shape index (κ2) is 5.04. The molecule has 4 saturated carbocycles. The van der Waals surface area contributed by atoms with E-state index in [0.717, 1.165) is 42.2 Å². The maximum atomic E-state index is 5.83. The zero-order valence-electron chi connectivity index (χ0n) is 12.3. The molecule has 1 aliphatic heterocycles. The van der Waals surface area contributed by atoms with Crippen LogP contribution in [0, 0.1) is 29.6 Å². The van der Waals surface area contributed by atoms with Crippen LogP contribution in [0.5, 0.6) is 0 Å². The first-order valence-electron chi connectivity index (χ1n) is 8.68. The van der Waals surface area contributed by atoms with Gasteiger partial charge in [-0.05, 0) is 74.5 Å². The Labute approximate surface area is 117 Å². The van der Waals surface area contributed by atoms with E-state index in [-0.39, 0.29) is 0 Å². The Morgan fingerprint density at radius 2 is 1.68 bits per heavy atom. The Balaban J connectivity index is 1.36. The average Bonchev–Trinajstić information content (AvgIpc) is 2.84. The number of hydrogen-bond acceptors (Lipinski definition) is 2. The molecule has 2 unspecified atom stereocenters. The minimum Gasteiger partial charge on any atom is -0.378 e. The highest BCUT2D eigenvalue weighted by molar-refractivity contribution is 5.01. The fourth-order valence-electron chi connectivity index (χ4n) is 5.92. The van der Waals surface area contributed by atoms with Crippen molar-refractivity contribution in [3.63, 3.8) is 0 Å². The molecule has 0 aromatic carbocycles. The molecule has 0 aromatic heterocycles. The highest BCUT2D eigenvalue weighted by Crippen LogP contribution is 2.53. The highest BCUT2D eigenvalue weighted by atomic mass is 16.5. The van der Waals surface area contributed by atoms with Crippen LogP contribution in [0.3, 0.4) is 0 Å². The minimum absolute atomic E-state index is 0.532. The molecule has 4 bridgehead atoms. The van der Waals surface area contributed by atoms with Gasteiger partial charge in [0.05, 0.1) is 6.10 Å². The molecule has 0 radical (unpaired) electrons. The van der Waals surface area contributed by atoms with Gasteiger partial charge in [0.2, 0.25) is 0 Å². The third kappa shape index (κ3) is 2.25. The van der Waals surface area contributed by atoms with Crippen molar-refractivity contribution < 1.29 is 4.74 Å². The molecule has 108 valence electrons. The molecule has 5 rings (SSSR count). The molecule has 2 nitrogen and oxygen atoms in total. The predicted molar refractivity (Wildman–Crippen MR) is 77.0 cm³/mol. The maximum absolute atomic E-state index is 5.83. The van der Waals surface area contributed by atoms with Crippen molar-refractivity contribution in [1.82, 2.24) is 5.32 Å². The van der Waals surface area contributed by atoms with E-state index in [1.165, 1.54) is 45.1 Å². The molecule has 0 spiro atoms. The zero-order valence-corrected chi connectivity index (χ0v) is 12.3. The normalized spacial score (nSPS) is 51.9. The van der Waals surface area contributed by atoms with Crippen LogP contribution in [-0.4, -0.2) is 25.3 Å². The molecule has 4 aliphatic carbocycles. The lowest BCUT2D eigenvalue weighted by Crippen LogP contribution is -2.55. The van der Waals surface area contributed by atoms with Gasteiger partial charge in [0.1, 0.15) is 0 Å². The quantitative estimate of drug-likeness (QED) is 0.841. The highest BCUT2D eigenvalue weighted by Gasteiger charge is 2.48. The third-order valence-corrected chi connectivity index (χ3v) is 6.59. The summed E-state index contributed by atoms with van der Waals surface area (Å²) < 4.78 is 5.83. The molecule has 1 N–H and O–H groups in total. The zero-order chi connectivity index (χ0) is 12.8. The first-order chi connectivity index (χ1) is 9.33. The molecule has 1 heterocycles. The molecule has 2 heteroatoms. The number of rotatable bonds is 4. The lowest BCUT2D eigenvalue weighted by atomic mass is 9.54. The van der Waals surface area contributed by atoms with E-state index in [1.54, 1.807) is 6.42 Å². The smallest absolute Gasteiger partial charge is 0.0613 e. The summed E-state index contributed by atoms with van der Waals surface area (Å²) in [6.45, 7) is 4.48. The topological polar surface area (TPSA) is 21.3 Å². The van der Waals surface area contributed by atoms with Crippen LogP contribution in [0.2, 0.25) is 0 Å². The standard InChI is InChI=1S/C17H29NO/c1-2-16-13(3-4-19-16)10-18-17-14-6-11-5-12(8-14)9-15(17)7-11/h11-18H,2-10H2,1H3. The summed E-state index contributed by atoms with van der Waals surface area (Å²) in [6, 6.07) is 0.853. The van der Waals surface area contributed by atoms with Crippen molar-refractivity contribution in [2.24, 2.45) is 29.6 Å². The van der Waals surface area contributed by atoms with Crippen LogP contribution < -0.4 is 5.32 Å². The lowest BCUT2D eigenvalue weighted by Gasteiger charge is -2.54. The van der Waals surface area contributed by atoms with Gasteiger partial charge >= 0.3 is 0 Å². The first-order valence-corrected chi connectivity index (χ1v) is 8.68. The summed E-state index contributed by atoms with van der Waals surface area (Å²) in [5.41, 5.74) is 0. The van der Waals surface area contributed by atoms with Crippen molar-refractivity contribution in [3.8, 4) is 0 Å². The summed E-state index contributed by atoms with van der Waals surface area (Å²) in [6.07, 6.45) is 10.7. The van der Waals surface area contributed by atoms with Gasteiger partial charge in [-0.15, -0.1) is 0 Å². The van der Waals surface area contributed by atoms with Crippen molar-refractivity contribution >= 4 is 0 Å². The van der Waals surface area contributed by atoms with E-state index in [4.69, 9.17) is 4.74 Å². The average molecular weight is 263 g/mol. The van der Waals surface area contributed by atoms with Crippen LogP contribution in [0.25, 0.3) is 0 Å². The monoisotopic (exact) mass is 263 g/mol. The third-order valence-electron chi connectivity index (χ3n) is 6.59. The number of nitrogens with one attached hydrogen (secondary N) is 1. The Morgan fingerprint density at radius 3 is 2.32 bits per heavy atom. The fourth-order valence-corrected chi connectivity index (χ4v) is 5.92. The van der Waals surface area contributed by atoms with E-state index in [9.17, 15) is 0 Å². The largest absolute Gasteiger partial charge is 0.378 e. The molecule has 19 heavy (non-hydrogen) atoms. The van der Waals surface area contributed by atoms with Gasteiger partial charge in [0.15, 0.2) is 0 Å². The maximum Gasteiger partial charge on any atom is 0.0613 e. The van der Waals surface area contributed by atoms with E-state index in [1.807, 2.05) is 0 Å². The van der Waals surface area contributed by atoms with Crippen molar-refractivity contribution in [3.05, 3.63) is 0 Å². The molecule has 5 fully saturated rings. The molecule has 2 atom stereocenters. The van der Waals surface area contributed by atoms with Gasteiger partial charge in [0, 0.05) is 19.2 Å². The summed E-state index contributed by atoms with van der Waals surface area (Å²) in [7, 11) is 0. The lowest BCUT2D eigenvalue weighted by molar-refractivity contribution is -0.0162. The van der Waals surface area contributed by atoms with Crippen molar-refractivity contribution in [2.75, 3.05) is 13.2 Å². The Kier molecular flexibility index (Phi) is 3.35. The summed E-state index contributed by atoms with van der Waals surface area (Å²) in [4.78, 5) is 0. The summed E-state index contributed by atoms with van der Waals surface area (Å²) in [5, 5.41) is 3.99. The molecular formula is C17H29NO. The Bertz CT molecular complexity index is 301. The molecular weight excluding hydrogens is 234 g/mol. The number of hydrogen-bond donors (Lipinski definition) is 1. The van der Waals surface area contributed by atoms with Gasteiger partial charge in [-0.1, -0.05) is 6.92 Å². The van der Waals surface area contributed by atoms with Crippen molar-refractivity contribution in [1.29, 1.82) is 0 Å². The number of ether oxygens (including phenoxy) is 1. The predicted octanol–water partition coefficient (Wildman–Crippen LogP) is 3.22. The summed E-state index contributed by atoms with van der Waals surface area (Å²) >= 11 is 0. The van der Waals surface area contributed by atoms with Crippen molar-refractivity contribution in [2.45, 2.75) is 64.0 Å². The Hall–Kier alpha value is -0.0800. The van der Waals surface area contributed by atoms with E-state index >= 15 is 0 Å². The SMILES string of the molecule is CCC1OCCC1CNC1C2CC3CC(C2)CC1C3. The van der Waals surface area contributed by atoms with Gasteiger partial charge in [0.25, 0.3) is 0 Å². The van der Waals surface area contributed by atoms with Gasteiger partial charge in [-0.3, -0.25) is 0 Å². The van der Waals surface area contributed by atoms with Crippen LogP contribution >= 0.6 is 0 Å². The first kappa shape index (κ1) is 12.6. The van der Waals surface area contributed by atoms with Crippen LogP contribution in [-0.2, 0) is 4.74 Å². The van der Waals surface area contributed by atoms with Crippen LogP contribution in [0.4, 0.5) is 0 Å². The van der Waals surface area contributed by atoms with E-state index in [2.05, 4.69) is 12.2 Å². The second-order valence-electron chi connectivity index (χ2n) is 7.73. The van der Waals surface area contributed by atoms with E-state index in [0.29, 0.717) is 6.10 Å². The molecule has 0 amide bonds. The van der Waals surface area contributed by atoms with Gasteiger partial charge in [-0.2, -0.15) is 0 Å². The summed E-state index contributed by atoms with van der Waals surface area (Å²) in [5.74, 6) is 5.00. The van der Waals surface area contributed by atoms with Gasteiger partial charge in [-0.25, -0.2) is 0 Å². The Morgan fingerprint density at radius 1 is 1.00 bits per heavy atom. The second-order valence-corrected chi connectivity index (χ2v) is 7.73. The van der Waals surface area contributed by atoms with Gasteiger partial charge < -0.3 is 10.1 Å². The van der Waals surface area contributed by atoms with Crippen LogP contribution in [0.1, 0.15) is 51.9 Å².